The number of rotatable bonds is 7. The number of ether oxygens (including phenoxy) is 1. The summed E-state index contributed by atoms with van der Waals surface area (Å²) in [5, 5.41) is 3.19. The highest BCUT2D eigenvalue weighted by Gasteiger charge is 2.32. The summed E-state index contributed by atoms with van der Waals surface area (Å²) in [5.74, 6) is -1.04. The number of nitrogens with zero attached hydrogens (tertiary/aromatic N) is 1. The molecule has 0 saturated carbocycles. The summed E-state index contributed by atoms with van der Waals surface area (Å²) in [5.41, 5.74) is 1.58. The lowest BCUT2D eigenvalue weighted by molar-refractivity contribution is -0.117. The molecule has 2 rings (SSSR count). The fourth-order valence-corrected chi connectivity index (χ4v) is 4.30. The van der Waals surface area contributed by atoms with Crippen LogP contribution in [0.3, 0.4) is 0 Å². The van der Waals surface area contributed by atoms with E-state index in [1.807, 2.05) is 0 Å². The van der Waals surface area contributed by atoms with Crippen LogP contribution in [0.2, 0.25) is 5.02 Å². The summed E-state index contributed by atoms with van der Waals surface area (Å²) in [7, 11) is -2.49. The average molecular weight is 439 g/mol. The molecule has 0 spiro atoms. The quantitative estimate of drug-likeness (QED) is 0.666. The standard InChI is InChI=1S/C20H23ClN2O5S/c1-5-18(23(29(4,26)27)15-11-9-14(21)10-12-15)19(24)22-17-8-6-7-16(13(17)2)20(25)28-3/h6-12,18H,5H2,1-4H3,(H,22,24). The van der Waals surface area contributed by atoms with E-state index in [0.29, 0.717) is 27.5 Å². The first-order chi connectivity index (χ1) is 13.6. The molecule has 0 aromatic heterocycles. The second-order valence-electron chi connectivity index (χ2n) is 6.42. The highest BCUT2D eigenvalue weighted by molar-refractivity contribution is 7.92. The maximum Gasteiger partial charge on any atom is 0.338 e. The second kappa shape index (κ2) is 9.28. The smallest absolute Gasteiger partial charge is 0.338 e. The van der Waals surface area contributed by atoms with Crippen LogP contribution in [0.4, 0.5) is 11.4 Å². The first-order valence-corrected chi connectivity index (χ1v) is 11.1. The fourth-order valence-electron chi connectivity index (χ4n) is 2.97. The van der Waals surface area contributed by atoms with E-state index in [4.69, 9.17) is 16.3 Å². The van der Waals surface area contributed by atoms with Crippen LogP contribution in [-0.4, -0.2) is 39.7 Å². The molecule has 29 heavy (non-hydrogen) atoms. The van der Waals surface area contributed by atoms with Gasteiger partial charge in [-0.15, -0.1) is 0 Å². The molecule has 7 nitrogen and oxygen atoms in total. The Morgan fingerprint density at radius 2 is 1.79 bits per heavy atom. The zero-order valence-corrected chi connectivity index (χ0v) is 18.2. The van der Waals surface area contributed by atoms with Crippen LogP contribution in [-0.2, 0) is 19.6 Å². The van der Waals surface area contributed by atoms with Gasteiger partial charge in [0.15, 0.2) is 0 Å². The second-order valence-corrected chi connectivity index (χ2v) is 8.71. The van der Waals surface area contributed by atoms with E-state index in [1.165, 1.54) is 7.11 Å². The van der Waals surface area contributed by atoms with Gasteiger partial charge in [0.25, 0.3) is 0 Å². The maximum atomic E-state index is 13.0. The largest absolute Gasteiger partial charge is 0.465 e. The van der Waals surface area contributed by atoms with Crippen molar-refractivity contribution >= 4 is 44.9 Å². The third kappa shape index (κ3) is 5.27. The number of carbonyl (C=O) groups excluding carboxylic acids is 2. The summed E-state index contributed by atoms with van der Waals surface area (Å²) in [6, 6.07) is 10.1. The third-order valence-corrected chi connectivity index (χ3v) is 5.84. The van der Waals surface area contributed by atoms with E-state index < -0.39 is 27.9 Å². The highest BCUT2D eigenvalue weighted by Crippen LogP contribution is 2.26. The molecule has 156 valence electrons. The summed E-state index contributed by atoms with van der Waals surface area (Å²) in [6.45, 7) is 3.40. The van der Waals surface area contributed by atoms with Crippen molar-refractivity contribution in [3.05, 3.63) is 58.6 Å². The van der Waals surface area contributed by atoms with E-state index in [1.54, 1.807) is 56.3 Å². The number of amides is 1. The van der Waals surface area contributed by atoms with Crippen LogP contribution >= 0.6 is 11.6 Å². The molecule has 1 N–H and O–H groups in total. The zero-order valence-electron chi connectivity index (χ0n) is 16.6. The van der Waals surface area contributed by atoms with Gasteiger partial charge in [-0.1, -0.05) is 24.6 Å². The molecule has 1 amide bonds. The van der Waals surface area contributed by atoms with Crippen molar-refractivity contribution in [3.63, 3.8) is 0 Å². The zero-order chi connectivity index (χ0) is 21.8. The molecule has 0 aliphatic carbocycles. The van der Waals surface area contributed by atoms with Gasteiger partial charge in [-0.3, -0.25) is 9.10 Å². The number of nitrogens with one attached hydrogen (secondary N) is 1. The molecule has 2 aromatic rings. The minimum absolute atomic E-state index is 0.233. The molecule has 9 heteroatoms. The normalized spacial score (nSPS) is 12.2. The first kappa shape index (κ1) is 22.7. The van der Waals surface area contributed by atoms with Crippen LogP contribution in [0.25, 0.3) is 0 Å². The monoisotopic (exact) mass is 438 g/mol. The molecule has 0 bridgehead atoms. The number of carbonyl (C=O) groups is 2. The topological polar surface area (TPSA) is 92.8 Å². The number of sulfonamides is 1. The van der Waals surface area contributed by atoms with Crippen LogP contribution in [0.15, 0.2) is 42.5 Å². The molecule has 0 aliphatic rings. The van der Waals surface area contributed by atoms with Gasteiger partial charge < -0.3 is 10.1 Å². The van der Waals surface area contributed by atoms with Crippen molar-refractivity contribution in [2.75, 3.05) is 23.0 Å². The molecule has 2 aromatic carbocycles. The van der Waals surface area contributed by atoms with E-state index >= 15 is 0 Å². The highest BCUT2D eigenvalue weighted by atomic mass is 35.5. The van der Waals surface area contributed by atoms with Crippen LogP contribution in [0.5, 0.6) is 0 Å². The molecular weight excluding hydrogens is 416 g/mol. The third-order valence-electron chi connectivity index (χ3n) is 4.41. The molecule has 0 aliphatic heterocycles. The number of benzene rings is 2. The molecule has 1 atom stereocenters. The number of methoxy groups -OCH3 is 1. The lowest BCUT2D eigenvalue weighted by atomic mass is 10.1. The van der Waals surface area contributed by atoms with Crippen molar-refractivity contribution < 1.29 is 22.7 Å². The van der Waals surface area contributed by atoms with Crippen LogP contribution in [0, 0.1) is 6.92 Å². The Labute approximate surface area is 175 Å². The summed E-state index contributed by atoms with van der Waals surface area (Å²) in [4.78, 5) is 24.9. The Hall–Kier alpha value is -2.58. The van der Waals surface area contributed by atoms with Crippen LogP contribution < -0.4 is 9.62 Å². The van der Waals surface area contributed by atoms with Crippen LogP contribution in [0.1, 0.15) is 29.3 Å². The van der Waals surface area contributed by atoms with E-state index in [0.717, 1.165) is 10.6 Å². The number of hydrogen-bond acceptors (Lipinski definition) is 5. The van der Waals surface area contributed by atoms with Gasteiger partial charge in [-0.2, -0.15) is 0 Å². The molecule has 1 unspecified atom stereocenters. The van der Waals surface area contributed by atoms with Crippen molar-refractivity contribution in [1.82, 2.24) is 0 Å². The predicted octanol–water partition coefficient (Wildman–Crippen LogP) is 3.62. The molecule has 0 fully saturated rings. The van der Waals surface area contributed by atoms with Crippen molar-refractivity contribution in [3.8, 4) is 0 Å². The maximum absolute atomic E-state index is 13.0. The van der Waals surface area contributed by atoms with E-state index in [-0.39, 0.29) is 6.42 Å². The van der Waals surface area contributed by atoms with E-state index in [2.05, 4.69) is 5.32 Å². The lowest BCUT2D eigenvalue weighted by Crippen LogP contribution is -2.47. The first-order valence-electron chi connectivity index (χ1n) is 8.83. The molecule has 0 heterocycles. The Balaban J connectivity index is 2.41. The SMILES string of the molecule is CCC(C(=O)Nc1cccc(C(=O)OC)c1C)N(c1ccc(Cl)cc1)S(C)(=O)=O. The van der Waals surface area contributed by atoms with Crippen molar-refractivity contribution in [1.29, 1.82) is 0 Å². The lowest BCUT2D eigenvalue weighted by Gasteiger charge is -2.30. The average Bonchev–Trinajstić information content (AvgIpc) is 2.67. The number of halogens is 1. The number of hydrogen-bond donors (Lipinski definition) is 1. The Morgan fingerprint density at radius 1 is 1.17 bits per heavy atom. The Morgan fingerprint density at radius 3 is 2.31 bits per heavy atom. The summed E-state index contributed by atoms with van der Waals surface area (Å²) < 4.78 is 30.8. The van der Waals surface area contributed by atoms with Gasteiger partial charge in [0.1, 0.15) is 6.04 Å². The Bertz CT molecular complexity index is 1010. The van der Waals surface area contributed by atoms with Crippen molar-refractivity contribution in [2.45, 2.75) is 26.3 Å². The predicted molar refractivity (Wildman–Crippen MR) is 114 cm³/mol. The minimum atomic E-state index is -3.76. The molecule has 0 saturated heterocycles. The van der Waals surface area contributed by atoms with Crippen molar-refractivity contribution in [2.24, 2.45) is 0 Å². The molecular formula is C20H23ClN2O5S. The molecule has 0 radical (unpaired) electrons. The van der Waals surface area contributed by atoms with E-state index in [9.17, 15) is 18.0 Å². The Kier molecular flexibility index (Phi) is 7.26. The fraction of sp³-hybridized carbons (Fsp3) is 0.300. The van der Waals surface area contributed by atoms with Gasteiger partial charge >= 0.3 is 5.97 Å². The van der Waals surface area contributed by atoms with Gasteiger partial charge in [0, 0.05) is 10.7 Å². The van der Waals surface area contributed by atoms with Gasteiger partial charge in [0.2, 0.25) is 15.9 Å². The minimum Gasteiger partial charge on any atom is -0.465 e. The number of esters is 1. The summed E-state index contributed by atoms with van der Waals surface area (Å²) in [6.07, 6.45) is 1.28. The van der Waals surface area contributed by atoms with Gasteiger partial charge in [-0.25, -0.2) is 13.2 Å². The number of anilines is 2. The summed E-state index contributed by atoms with van der Waals surface area (Å²) >= 11 is 5.90. The van der Waals surface area contributed by atoms with Gasteiger partial charge in [-0.05, 0) is 55.3 Å². The van der Waals surface area contributed by atoms with Gasteiger partial charge in [0.05, 0.1) is 24.6 Å².